The van der Waals surface area contributed by atoms with Gasteiger partial charge in [0.1, 0.15) is 0 Å². The first kappa shape index (κ1) is 24.3. The Kier molecular flexibility index (Phi) is 5.11. The summed E-state index contributed by atoms with van der Waals surface area (Å²) in [5, 5.41) is 2.47. The normalized spacial score (nSPS) is 14.4. The Morgan fingerprint density at radius 1 is 0.548 bits per heavy atom. The highest BCUT2D eigenvalue weighted by Gasteiger charge is 2.36. The Balaban J connectivity index is 1.32. The zero-order valence-electron chi connectivity index (χ0n) is 23.1. The number of fused-ring (bicyclic) bond motifs is 8. The molecule has 0 unspecified atom stereocenters. The number of hydrogen-bond donors (Lipinski definition) is 0. The fraction of sp³-hybridized carbons (Fsp3) is 0.0811. The first-order valence-corrected chi connectivity index (χ1v) is 15.8. The minimum absolute atomic E-state index is 0.0913. The highest BCUT2D eigenvalue weighted by Crippen LogP contribution is 2.53. The molecule has 0 N–H and O–H groups in total. The third-order valence-electron chi connectivity index (χ3n) is 8.77. The quantitative estimate of drug-likeness (QED) is 0.205. The van der Waals surface area contributed by atoms with Crippen LogP contribution in [0.1, 0.15) is 25.0 Å². The van der Waals surface area contributed by atoms with Gasteiger partial charge in [0, 0.05) is 53.7 Å². The number of benzene rings is 5. The molecule has 42 heavy (non-hydrogen) atoms. The van der Waals surface area contributed by atoms with E-state index in [0.29, 0.717) is 5.95 Å². The van der Waals surface area contributed by atoms with E-state index in [-0.39, 0.29) is 5.41 Å². The van der Waals surface area contributed by atoms with Crippen LogP contribution >= 0.6 is 23.5 Å². The van der Waals surface area contributed by atoms with E-state index >= 15 is 0 Å². The van der Waals surface area contributed by atoms with Crippen LogP contribution in [-0.4, -0.2) is 14.5 Å². The van der Waals surface area contributed by atoms with E-state index in [4.69, 9.17) is 9.97 Å². The standard InChI is InChI=1S/C37H25N3S2/c1-37(2)28-13-7-6-12-24(28)25-16-26-27-17-34-35(42-33-15-9-8-14-32(33)41-34)19-31(27)40(30(26)18-29(25)37)36-38-20-23(21-39-36)22-10-4-3-5-11-22/h3-21H,1-2H3. The first-order chi connectivity index (χ1) is 20.6. The lowest BCUT2D eigenvalue weighted by Gasteiger charge is -2.21. The van der Waals surface area contributed by atoms with Gasteiger partial charge in [-0.2, -0.15) is 0 Å². The molecule has 200 valence electrons. The van der Waals surface area contributed by atoms with Gasteiger partial charge in [-0.25, -0.2) is 9.97 Å². The molecule has 1 aliphatic heterocycles. The Morgan fingerprint density at radius 3 is 1.93 bits per heavy atom. The molecule has 5 heteroatoms. The largest absolute Gasteiger partial charge is 0.278 e. The van der Waals surface area contributed by atoms with Crippen LogP contribution in [0.15, 0.2) is 135 Å². The van der Waals surface area contributed by atoms with Crippen LogP contribution in [0.25, 0.3) is 50.0 Å². The van der Waals surface area contributed by atoms with Gasteiger partial charge in [0.25, 0.3) is 0 Å². The predicted octanol–water partition coefficient (Wildman–Crippen LogP) is 10.2. The molecule has 0 amide bonds. The summed E-state index contributed by atoms with van der Waals surface area (Å²) in [6, 6.07) is 37.4. The van der Waals surface area contributed by atoms with Gasteiger partial charge in [0.05, 0.1) is 11.0 Å². The van der Waals surface area contributed by atoms with Crippen molar-refractivity contribution in [2.75, 3.05) is 0 Å². The summed E-state index contributed by atoms with van der Waals surface area (Å²) >= 11 is 3.71. The maximum absolute atomic E-state index is 4.96. The van der Waals surface area contributed by atoms with Crippen molar-refractivity contribution in [1.82, 2.24) is 14.5 Å². The van der Waals surface area contributed by atoms with Crippen molar-refractivity contribution in [1.29, 1.82) is 0 Å². The summed E-state index contributed by atoms with van der Waals surface area (Å²) in [4.78, 5) is 15.1. The van der Waals surface area contributed by atoms with Crippen molar-refractivity contribution in [2.24, 2.45) is 0 Å². The molecule has 5 aromatic carbocycles. The van der Waals surface area contributed by atoms with Crippen molar-refractivity contribution in [3.05, 3.63) is 127 Å². The van der Waals surface area contributed by atoms with Crippen LogP contribution in [0.4, 0.5) is 0 Å². The molecule has 7 aromatic rings. The van der Waals surface area contributed by atoms with Crippen LogP contribution in [0.3, 0.4) is 0 Å². The van der Waals surface area contributed by atoms with E-state index in [1.807, 2.05) is 54.1 Å². The number of aromatic nitrogens is 3. The second kappa shape index (κ2) is 8.84. The minimum Gasteiger partial charge on any atom is -0.278 e. The van der Waals surface area contributed by atoms with Crippen LogP contribution in [0, 0.1) is 0 Å². The average Bonchev–Trinajstić information content (AvgIpc) is 3.46. The van der Waals surface area contributed by atoms with E-state index in [1.165, 1.54) is 52.6 Å². The van der Waals surface area contributed by atoms with Gasteiger partial charge in [-0.1, -0.05) is 104 Å². The molecule has 0 spiro atoms. The van der Waals surface area contributed by atoms with Crippen LogP contribution < -0.4 is 0 Å². The molecule has 2 aromatic heterocycles. The highest BCUT2D eigenvalue weighted by atomic mass is 32.2. The third kappa shape index (κ3) is 3.44. The molecule has 0 saturated carbocycles. The van der Waals surface area contributed by atoms with Crippen LogP contribution in [-0.2, 0) is 5.41 Å². The molecule has 3 heterocycles. The Bertz CT molecular complexity index is 2210. The summed E-state index contributed by atoms with van der Waals surface area (Å²) < 4.78 is 2.27. The van der Waals surface area contributed by atoms with E-state index in [0.717, 1.165) is 22.2 Å². The SMILES string of the molecule is CC1(C)c2ccccc2-c2cc3c4cc5c(cc4n(-c4ncc(-c6ccccc6)cn4)c3cc21)Sc1ccccc1S5. The molecule has 3 nitrogen and oxygen atoms in total. The van der Waals surface area contributed by atoms with Gasteiger partial charge >= 0.3 is 0 Å². The monoisotopic (exact) mass is 575 g/mol. The van der Waals surface area contributed by atoms with Gasteiger partial charge in [-0.05, 0) is 64.2 Å². The van der Waals surface area contributed by atoms with E-state index in [9.17, 15) is 0 Å². The summed E-state index contributed by atoms with van der Waals surface area (Å²) in [5.41, 5.74) is 9.71. The van der Waals surface area contributed by atoms with Gasteiger partial charge < -0.3 is 0 Å². The molecule has 0 atom stereocenters. The van der Waals surface area contributed by atoms with Gasteiger partial charge in [-0.3, -0.25) is 4.57 Å². The maximum Gasteiger partial charge on any atom is 0.234 e. The van der Waals surface area contributed by atoms with Crippen molar-refractivity contribution >= 4 is 45.3 Å². The molecule has 0 radical (unpaired) electrons. The molecule has 0 saturated heterocycles. The molecule has 0 bridgehead atoms. The molecule has 1 aliphatic carbocycles. The zero-order valence-corrected chi connectivity index (χ0v) is 24.8. The maximum atomic E-state index is 4.96. The van der Waals surface area contributed by atoms with Crippen molar-refractivity contribution < 1.29 is 0 Å². The topological polar surface area (TPSA) is 30.7 Å². The predicted molar refractivity (Wildman–Crippen MR) is 174 cm³/mol. The van der Waals surface area contributed by atoms with Crippen LogP contribution in [0.2, 0.25) is 0 Å². The Morgan fingerprint density at radius 2 is 1.17 bits per heavy atom. The second-order valence-corrected chi connectivity index (χ2v) is 13.7. The number of nitrogens with zero attached hydrogens (tertiary/aromatic N) is 3. The summed E-state index contributed by atoms with van der Waals surface area (Å²) in [7, 11) is 0. The van der Waals surface area contributed by atoms with Gasteiger partial charge in [-0.15, -0.1) is 0 Å². The smallest absolute Gasteiger partial charge is 0.234 e. The van der Waals surface area contributed by atoms with Crippen molar-refractivity contribution in [2.45, 2.75) is 38.8 Å². The Hall–Kier alpha value is -4.32. The number of hydrogen-bond acceptors (Lipinski definition) is 4. The molecule has 2 aliphatic rings. The molecule has 9 rings (SSSR count). The van der Waals surface area contributed by atoms with E-state index in [1.54, 1.807) is 0 Å². The molecular formula is C37H25N3S2. The summed E-state index contributed by atoms with van der Waals surface area (Å²) in [6.45, 7) is 4.68. The fourth-order valence-corrected chi connectivity index (χ4v) is 8.93. The average molecular weight is 576 g/mol. The summed E-state index contributed by atoms with van der Waals surface area (Å²) in [6.07, 6.45) is 3.89. The van der Waals surface area contributed by atoms with E-state index in [2.05, 4.69) is 103 Å². The van der Waals surface area contributed by atoms with Crippen molar-refractivity contribution in [3.8, 4) is 28.2 Å². The van der Waals surface area contributed by atoms with Crippen LogP contribution in [0.5, 0.6) is 0 Å². The van der Waals surface area contributed by atoms with Gasteiger partial charge in [0.15, 0.2) is 0 Å². The Labute approximate surface area is 252 Å². The minimum atomic E-state index is -0.0913. The van der Waals surface area contributed by atoms with E-state index < -0.39 is 0 Å². The second-order valence-electron chi connectivity index (χ2n) is 11.5. The lowest BCUT2D eigenvalue weighted by molar-refractivity contribution is 0.661. The highest BCUT2D eigenvalue weighted by molar-refractivity contribution is 8.05. The first-order valence-electron chi connectivity index (χ1n) is 14.2. The zero-order chi connectivity index (χ0) is 28.0. The lowest BCUT2D eigenvalue weighted by Crippen LogP contribution is -2.15. The lowest BCUT2D eigenvalue weighted by atomic mass is 9.82. The fourth-order valence-electron chi connectivity index (χ4n) is 6.66. The number of rotatable bonds is 2. The summed E-state index contributed by atoms with van der Waals surface area (Å²) in [5.74, 6) is 0.691. The van der Waals surface area contributed by atoms with Crippen molar-refractivity contribution in [3.63, 3.8) is 0 Å². The third-order valence-corrected chi connectivity index (χ3v) is 11.3. The molecular weight excluding hydrogens is 551 g/mol. The molecule has 0 fully saturated rings. The van der Waals surface area contributed by atoms with Gasteiger partial charge in [0.2, 0.25) is 5.95 Å².